The van der Waals surface area contributed by atoms with Crippen LogP contribution in [0, 0.1) is 0 Å². The number of rotatable bonds is 18. The summed E-state index contributed by atoms with van der Waals surface area (Å²) in [5.41, 5.74) is 2.98. The average molecular weight is 543 g/mol. The summed E-state index contributed by atoms with van der Waals surface area (Å²) in [5, 5.41) is 0. The van der Waals surface area contributed by atoms with Crippen molar-refractivity contribution in [2.45, 2.75) is 104 Å². The fraction of sp³-hybridized carbons (Fsp3) is 0.647. The van der Waals surface area contributed by atoms with Crippen molar-refractivity contribution in [3.8, 4) is 11.5 Å². The quantitative estimate of drug-likeness (QED) is 0.106. The minimum atomic E-state index is -0.813. The molecule has 2 aromatic rings. The van der Waals surface area contributed by atoms with E-state index in [2.05, 4.69) is 89.0 Å². The zero-order valence-electron chi connectivity index (χ0n) is 26.4. The molecule has 0 aliphatic rings. The maximum absolute atomic E-state index is 5.48. The van der Waals surface area contributed by atoms with Crippen LogP contribution in [0.5, 0.6) is 11.5 Å². The second-order valence-corrected chi connectivity index (χ2v) is 18.0. The highest BCUT2D eigenvalue weighted by molar-refractivity contribution is 7.73. The maximum atomic E-state index is 5.48. The average Bonchev–Trinajstić information content (AvgIpc) is 2.90. The first-order valence-electron chi connectivity index (χ1n) is 15.5. The highest BCUT2D eigenvalue weighted by Gasteiger charge is 2.27. The number of ether oxygens (including phenoxy) is 2. The van der Waals surface area contributed by atoms with Crippen LogP contribution in [0.25, 0.3) is 0 Å². The van der Waals surface area contributed by atoms with E-state index in [1.165, 1.54) is 101 Å². The molecule has 4 heteroatoms. The standard InChI is InChI=1S/C30H48BO2.C4H12P/c1-5-7-9-11-13-15-25-31(26-16-14-12-10-8-6-2,27-17-21-29(32-3)22-18-27)28-19-23-30(33-4)24-20-28;1-5(2,3)4/h17-24H,5-16,25-26H2,1-4H3;1-4H3/q-1;+1. The van der Waals surface area contributed by atoms with Gasteiger partial charge in [0.25, 0.3) is 0 Å². The van der Waals surface area contributed by atoms with Gasteiger partial charge in [-0.1, -0.05) is 115 Å². The van der Waals surface area contributed by atoms with E-state index in [1.807, 2.05) is 0 Å². The Morgan fingerprint density at radius 3 is 1.08 bits per heavy atom. The molecule has 0 aliphatic heterocycles. The Bertz CT molecular complexity index is 756. The van der Waals surface area contributed by atoms with Gasteiger partial charge in [-0.15, -0.1) is 0 Å². The Labute approximate surface area is 237 Å². The topological polar surface area (TPSA) is 18.5 Å². The van der Waals surface area contributed by atoms with Crippen LogP contribution >= 0.6 is 7.26 Å². The third-order valence-corrected chi connectivity index (χ3v) is 7.61. The Morgan fingerprint density at radius 2 is 0.789 bits per heavy atom. The first-order chi connectivity index (χ1) is 18.2. The Morgan fingerprint density at radius 1 is 0.500 bits per heavy atom. The van der Waals surface area contributed by atoms with Gasteiger partial charge in [-0.2, -0.15) is 12.6 Å². The number of benzene rings is 2. The van der Waals surface area contributed by atoms with Gasteiger partial charge < -0.3 is 9.47 Å². The maximum Gasteiger partial charge on any atom is 0.118 e. The van der Waals surface area contributed by atoms with Gasteiger partial charge in [0.1, 0.15) is 11.5 Å². The van der Waals surface area contributed by atoms with Crippen molar-refractivity contribution in [1.29, 1.82) is 0 Å². The van der Waals surface area contributed by atoms with Crippen LogP contribution in [-0.4, -0.2) is 47.0 Å². The second kappa shape index (κ2) is 19.6. The molecule has 2 rings (SSSR count). The van der Waals surface area contributed by atoms with Crippen LogP contribution in [0.15, 0.2) is 48.5 Å². The molecular weight excluding hydrogens is 482 g/mol. The molecule has 0 unspecified atom stereocenters. The van der Waals surface area contributed by atoms with Gasteiger partial charge in [-0.25, -0.2) is 10.9 Å². The van der Waals surface area contributed by atoms with E-state index in [0.717, 1.165) is 11.5 Å². The Hall–Kier alpha value is -1.47. The molecule has 0 aromatic heterocycles. The smallest absolute Gasteiger partial charge is 0.118 e. The SMILES string of the molecule is CCCCCCCC[B-](CCCCCCCC)(c1ccc(OC)cc1)c1ccc(OC)cc1.C[P+](C)(C)C. The van der Waals surface area contributed by atoms with Crippen molar-refractivity contribution in [2.24, 2.45) is 0 Å². The summed E-state index contributed by atoms with van der Waals surface area (Å²) in [6.45, 7) is 13.8. The van der Waals surface area contributed by atoms with Gasteiger partial charge in [0.2, 0.25) is 0 Å². The molecule has 2 aromatic carbocycles. The Balaban J connectivity index is 0.00000132. The van der Waals surface area contributed by atoms with Crippen molar-refractivity contribution in [3.63, 3.8) is 0 Å². The largest absolute Gasteiger partial charge is 0.497 e. The van der Waals surface area contributed by atoms with Gasteiger partial charge in [0, 0.05) is 33.9 Å². The molecule has 0 saturated heterocycles. The summed E-state index contributed by atoms with van der Waals surface area (Å²) >= 11 is 0. The van der Waals surface area contributed by atoms with Crippen molar-refractivity contribution >= 4 is 24.3 Å². The van der Waals surface area contributed by atoms with E-state index in [1.54, 1.807) is 14.2 Å². The predicted molar refractivity (Wildman–Crippen MR) is 178 cm³/mol. The lowest BCUT2D eigenvalue weighted by Crippen LogP contribution is -2.58. The van der Waals surface area contributed by atoms with Crippen molar-refractivity contribution < 1.29 is 9.47 Å². The first kappa shape index (κ1) is 34.6. The zero-order valence-corrected chi connectivity index (χ0v) is 27.3. The first-order valence-corrected chi connectivity index (χ1v) is 19.0. The number of hydrogen-bond donors (Lipinski definition) is 0. The second-order valence-electron chi connectivity index (χ2n) is 12.6. The van der Waals surface area contributed by atoms with Gasteiger partial charge in [0.05, 0.1) is 20.4 Å². The lowest BCUT2D eigenvalue weighted by atomic mass is 9.15. The fourth-order valence-electron chi connectivity index (χ4n) is 5.49. The van der Waals surface area contributed by atoms with Gasteiger partial charge >= 0.3 is 0 Å². The van der Waals surface area contributed by atoms with E-state index in [0.29, 0.717) is 0 Å². The molecule has 0 aliphatic carbocycles. The molecule has 0 bridgehead atoms. The van der Waals surface area contributed by atoms with Gasteiger partial charge in [0.15, 0.2) is 0 Å². The van der Waals surface area contributed by atoms with E-state index >= 15 is 0 Å². The summed E-state index contributed by atoms with van der Waals surface area (Å²) in [6, 6.07) is 17.9. The summed E-state index contributed by atoms with van der Waals surface area (Å²) in [6.07, 6.45) is 17.8. The third kappa shape index (κ3) is 14.1. The van der Waals surface area contributed by atoms with Crippen LogP contribution in [-0.2, 0) is 0 Å². The molecule has 0 N–H and O–H groups in total. The lowest BCUT2D eigenvalue weighted by molar-refractivity contribution is 0.415. The summed E-state index contributed by atoms with van der Waals surface area (Å²) in [7, 11) is 3.12. The molecule has 38 heavy (non-hydrogen) atoms. The third-order valence-electron chi connectivity index (χ3n) is 7.61. The molecule has 216 valence electrons. The highest BCUT2D eigenvalue weighted by Crippen LogP contribution is 2.40. The van der Waals surface area contributed by atoms with Crippen molar-refractivity contribution in [2.75, 3.05) is 40.9 Å². The highest BCUT2D eigenvalue weighted by atomic mass is 31.2. The fourth-order valence-corrected chi connectivity index (χ4v) is 5.49. The molecule has 0 heterocycles. The van der Waals surface area contributed by atoms with Gasteiger partial charge in [-0.05, 0) is 24.3 Å². The van der Waals surface area contributed by atoms with Crippen LogP contribution < -0.4 is 20.4 Å². The van der Waals surface area contributed by atoms with E-state index in [-0.39, 0.29) is 7.26 Å². The van der Waals surface area contributed by atoms with E-state index in [9.17, 15) is 0 Å². The predicted octanol–water partition coefficient (Wildman–Crippen LogP) is 9.51. The monoisotopic (exact) mass is 542 g/mol. The zero-order chi connectivity index (χ0) is 28.3. The molecular formula is C34H60BO2P. The molecule has 0 amide bonds. The van der Waals surface area contributed by atoms with Gasteiger partial charge in [-0.3, -0.25) is 0 Å². The number of hydrogen-bond acceptors (Lipinski definition) is 2. The van der Waals surface area contributed by atoms with Crippen molar-refractivity contribution in [1.82, 2.24) is 0 Å². The minimum absolute atomic E-state index is 0.389. The Kier molecular flexibility index (Phi) is 17.8. The number of unbranched alkanes of at least 4 members (excludes halogenated alkanes) is 10. The van der Waals surface area contributed by atoms with E-state index < -0.39 is 6.15 Å². The van der Waals surface area contributed by atoms with Crippen LogP contribution in [0.1, 0.15) is 90.9 Å². The van der Waals surface area contributed by atoms with E-state index in [4.69, 9.17) is 9.47 Å². The lowest BCUT2D eigenvalue weighted by Gasteiger charge is -2.42. The van der Waals surface area contributed by atoms with Crippen LogP contribution in [0.2, 0.25) is 12.6 Å². The number of methoxy groups -OCH3 is 2. The molecule has 0 fully saturated rings. The van der Waals surface area contributed by atoms with Crippen LogP contribution in [0.4, 0.5) is 0 Å². The minimum Gasteiger partial charge on any atom is -0.497 e. The summed E-state index contributed by atoms with van der Waals surface area (Å²) in [4.78, 5) is 0. The van der Waals surface area contributed by atoms with Crippen molar-refractivity contribution in [3.05, 3.63) is 48.5 Å². The molecule has 0 spiro atoms. The summed E-state index contributed by atoms with van der Waals surface area (Å²) < 4.78 is 11.0. The molecule has 0 saturated carbocycles. The molecule has 0 radical (unpaired) electrons. The normalized spacial score (nSPS) is 11.6. The summed E-state index contributed by atoms with van der Waals surface area (Å²) in [5.74, 6) is 1.88. The molecule has 2 nitrogen and oxygen atoms in total. The molecule has 0 atom stereocenters. The van der Waals surface area contributed by atoms with Crippen LogP contribution in [0.3, 0.4) is 0 Å².